The summed E-state index contributed by atoms with van der Waals surface area (Å²) < 4.78 is 0. The number of aliphatic imine (C=N–C) groups is 1. The van der Waals surface area contributed by atoms with E-state index in [2.05, 4.69) is 47.4 Å². The lowest BCUT2D eigenvalue weighted by molar-refractivity contribution is -0.117. The van der Waals surface area contributed by atoms with Gasteiger partial charge in [-0.2, -0.15) is 0 Å². The summed E-state index contributed by atoms with van der Waals surface area (Å²) in [5.41, 5.74) is 2.31. The van der Waals surface area contributed by atoms with Gasteiger partial charge in [-0.3, -0.25) is 14.7 Å². The molecule has 3 rings (SSSR count). The second-order valence-electron chi connectivity index (χ2n) is 7.98. The smallest absolute Gasteiger partial charge is 0.246 e. The highest BCUT2D eigenvalue weighted by Gasteiger charge is 2.31. The minimum Gasteiger partial charge on any atom is -0.352 e. The lowest BCUT2D eigenvalue weighted by Crippen LogP contribution is -2.50. The number of anilines is 1. The molecule has 148 valence electrons. The third-order valence-electron chi connectivity index (χ3n) is 5.73. The van der Waals surface area contributed by atoms with Crippen molar-refractivity contribution in [3.05, 3.63) is 29.8 Å². The molecule has 2 unspecified atom stereocenters. The summed E-state index contributed by atoms with van der Waals surface area (Å²) >= 11 is 0. The van der Waals surface area contributed by atoms with Crippen molar-refractivity contribution < 1.29 is 4.79 Å². The molecule has 6 heteroatoms. The van der Waals surface area contributed by atoms with Crippen LogP contribution in [0.15, 0.2) is 29.3 Å². The molecular weight excluding hydrogens is 338 g/mol. The van der Waals surface area contributed by atoms with Gasteiger partial charge in [0.2, 0.25) is 5.91 Å². The number of likely N-dealkylation sites (tertiary alicyclic amines) is 1. The Labute approximate surface area is 163 Å². The van der Waals surface area contributed by atoms with Crippen molar-refractivity contribution in [2.24, 2.45) is 10.9 Å². The Balaban J connectivity index is 1.55. The number of hydrogen-bond acceptors (Lipinski definition) is 3. The molecule has 2 atom stereocenters. The fraction of sp³-hybridized carbons (Fsp3) is 0.619. The van der Waals surface area contributed by atoms with Gasteiger partial charge in [0, 0.05) is 44.5 Å². The van der Waals surface area contributed by atoms with Crippen LogP contribution in [0.4, 0.5) is 5.69 Å². The molecule has 0 aliphatic carbocycles. The van der Waals surface area contributed by atoms with E-state index in [1.807, 2.05) is 23.1 Å². The number of para-hydroxylation sites is 1. The minimum atomic E-state index is 0.0911. The zero-order valence-corrected chi connectivity index (χ0v) is 17.0. The van der Waals surface area contributed by atoms with E-state index >= 15 is 0 Å². The number of guanidine groups is 1. The van der Waals surface area contributed by atoms with Gasteiger partial charge in [0.1, 0.15) is 0 Å². The second kappa shape index (κ2) is 8.74. The zero-order valence-electron chi connectivity index (χ0n) is 17.0. The predicted octanol–water partition coefficient (Wildman–Crippen LogP) is 1.86. The lowest BCUT2D eigenvalue weighted by Gasteiger charge is -2.30. The first-order chi connectivity index (χ1) is 13.0. The predicted molar refractivity (Wildman–Crippen MR) is 111 cm³/mol. The average molecular weight is 372 g/mol. The summed E-state index contributed by atoms with van der Waals surface area (Å²) in [5, 5.41) is 6.72. The molecule has 2 aliphatic heterocycles. The largest absolute Gasteiger partial charge is 0.352 e. The van der Waals surface area contributed by atoms with Gasteiger partial charge in [-0.1, -0.05) is 25.1 Å². The Hall–Kier alpha value is -2.08. The normalized spacial score (nSPS) is 23.4. The fourth-order valence-corrected chi connectivity index (χ4v) is 4.03. The van der Waals surface area contributed by atoms with Gasteiger partial charge >= 0.3 is 0 Å². The van der Waals surface area contributed by atoms with Gasteiger partial charge < -0.3 is 15.5 Å². The van der Waals surface area contributed by atoms with E-state index in [9.17, 15) is 4.79 Å². The first-order valence-electron chi connectivity index (χ1n) is 10.1. The maximum Gasteiger partial charge on any atom is 0.246 e. The van der Waals surface area contributed by atoms with E-state index in [-0.39, 0.29) is 12.5 Å². The Bertz CT molecular complexity index is 687. The maximum atomic E-state index is 12.8. The van der Waals surface area contributed by atoms with Gasteiger partial charge in [-0.05, 0) is 44.2 Å². The van der Waals surface area contributed by atoms with Crippen LogP contribution in [-0.2, 0) is 11.2 Å². The number of amides is 1. The highest BCUT2D eigenvalue weighted by molar-refractivity contribution is 5.98. The third-order valence-corrected chi connectivity index (χ3v) is 5.73. The summed E-state index contributed by atoms with van der Waals surface area (Å²) in [5.74, 6) is 1.35. The molecule has 1 aromatic carbocycles. The van der Waals surface area contributed by atoms with Crippen molar-refractivity contribution in [2.75, 3.05) is 38.1 Å². The highest BCUT2D eigenvalue weighted by Crippen LogP contribution is 2.26. The molecule has 0 saturated carbocycles. The molecule has 6 nitrogen and oxygen atoms in total. The summed E-state index contributed by atoms with van der Waals surface area (Å²) in [6.45, 7) is 9.87. The van der Waals surface area contributed by atoms with Crippen molar-refractivity contribution in [1.82, 2.24) is 15.5 Å². The molecule has 1 amide bonds. The van der Waals surface area contributed by atoms with Gasteiger partial charge in [0.05, 0.1) is 6.54 Å². The third kappa shape index (κ3) is 4.61. The van der Waals surface area contributed by atoms with Gasteiger partial charge in [-0.15, -0.1) is 0 Å². The van der Waals surface area contributed by atoms with Crippen LogP contribution in [0.25, 0.3) is 0 Å². The molecule has 27 heavy (non-hydrogen) atoms. The van der Waals surface area contributed by atoms with E-state index in [0.29, 0.717) is 24.0 Å². The number of benzene rings is 1. The van der Waals surface area contributed by atoms with Gasteiger partial charge in [0.15, 0.2) is 5.96 Å². The van der Waals surface area contributed by atoms with E-state index in [0.717, 1.165) is 38.2 Å². The second-order valence-corrected chi connectivity index (χ2v) is 7.98. The Morgan fingerprint density at radius 1 is 1.30 bits per heavy atom. The molecule has 2 heterocycles. The van der Waals surface area contributed by atoms with Crippen molar-refractivity contribution in [3.8, 4) is 0 Å². The molecule has 1 fully saturated rings. The summed E-state index contributed by atoms with van der Waals surface area (Å²) in [7, 11) is 1.76. The first kappa shape index (κ1) is 19.7. The lowest BCUT2D eigenvalue weighted by atomic mass is 10.0. The molecule has 1 aromatic rings. The summed E-state index contributed by atoms with van der Waals surface area (Å²) in [4.78, 5) is 21.5. The fourth-order valence-electron chi connectivity index (χ4n) is 4.03. The Kier molecular flexibility index (Phi) is 6.37. The van der Waals surface area contributed by atoms with Crippen molar-refractivity contribution in [1.29, 1.82) is 0 Å². The Morgan fingerprint density at radius 2 is 2.07 bits per heavy atom. The molecular formula is C21H33N5O. The number of aryl methyl sites for hydroxylation is 1. The van der Waals surface area contributed by atoms with Crippen molar-refractivity contribution in [2.45, 2.75) is 45.7 Å². The van der Waals surface area contributed by atoms with Crippen LogP contribution >= 0.6 is 0 Å². The summed E-state index contributed by atoms with van der Waals surface area (Å²) in [6, 6.07) is 9.10. The molecule has 0 bridgehead atoms. The van der Waals surface area contributed by atoms with Crippen LogP contribution < -0.4 is 15.5 Å². The van der Waals surface area contributed by atoms with Gasteiger partial charge in [-0.25, -0.2) is 0 Å². The first-order valence-corrected chi connectivity index (χ1v) is 10.1. The van der Waals surface area contributed by atoms with Crippen LogP contribution in [0.1, 0.15) is 32.8 Å². The number of hydrogen-bond donors (Lipinski definition) is 2. The average Bonchev–Trinajstić information content (AvgIpc) is 3.05. The van der Waals surface area contributed by atoms with E-state index < -0.39 is 0 Å². The topological polar surface area (TPSA) is 60.0 Å². The molecule has 0 aromatic heterocycles. The number of fused-ring (bicyclic) bond motifs is 1. The number of nitrogens with zero attached hydrogens (tertiary/aromatic N) is 3. The van der Waals surface area contributed by atoms with Crippen molar-refractivity contribution >= 4 is 17.6 Å². The maximum absolute atomic E-state index is 12.8. The van der Waals surface area contributed by atoms with Crippen LogP contribution in [-0.4, -0.2) is 62.1 Å². The standard InChI is InChI=1S/C21H33N5O/c1-15(2)25-13-16(3)18(14-25)24-21(22-4)23-12-20(27)26-11-7-9-17-8-5-6-10-19(17)26/h5-6,8,10,15-16,18H,7,9,11-14H2,1-4H3,(H2,22,23,24). The highest BCUT2D eigenvalue weighted by atomic mass is 16.2. The van der Waals surface area contributed by atoms with E-state index in [1.54, 1.807) is 7.05 Å². The van der Waals surface area contributed by atoms with Gasteiger partial charge in [0.25, 0.3) is 0 Å². The van der Waals surface area contributed by atoms with E-state index in [1.165, 1.54) is 5.56 Å². The van der Waals surface area contributed by atoms with Crippen molar-refractivity contribution in [3.63, 3.8) is 0 Å². The monoisotopic (exact) mass is 371 g/mol. The van der Waals surface area contributed by atoms with Crippen LogP contribution in [0, 0.1) is 5.92 Å². The Morgan fingerprint density at radius 3 is 2.78 bits per heavy atom. The van der Waals surface area contributed by atoms with Crippen LogP contribution in [0.3, 0.4) is 0 Å². The molecule has 2 aliphatic rings. The number of carbonyl (C=O) groups excluding carboxylic acids is 1. The van der Waals surface area contributed by atoms with E-state index in [4.69, 9.17) is 0 Å². The quantitative estimate of drug-likeness (QED) is 0.627. The molecule has 2 N–H and O–H groups in total. The molecule has 1 saturated heterocycles. The number of nitrogens with one attached hydrogen (secondary N) is 2. The number of carbonyl (C=O) groups is 1. The zero-order chi connectivity index (χ0) is 19.4. The molecule has 0 spiro atoms. The minimum absolute atomic E-state index is 0.0911. The number of rotatable bonds is 4. The van der Waals surface area contributed by atoms with Crippen LogP contribution in [0.5, 0.6) is 0 Å². The van der Waals surface area contributed by atoms with Crippen LogP contribution in [0.2, 0.25) is 0 Å². The molecule has 0 radical (unpaired) electrons. The summed E-state index contributed by atoms with van der Waals surface area (Å²) in [6.07, 6.45) is 2.06. The SMILES string of the molecule is CN=C(NCC(=O)N1CCCc2ccccc21)NC1CN(C(C)C)CC1C.